The van der Waals surface area contributed by atoms with Crippen LogP contribution in [0, 0.1) is 0 Å². The Hall–Kier alpha value is -2.50. The highest BCUT2D eigenvalue weighted by Gasteiger charge is 2.38. The molecule has 2 heterocycles. The van der Waals surface area contributed by atoms with Crippen molar-refractivity contribution >= 4 is 37.3 Å². The van der Waals surface area contributed by atoms with E-state index in [4.69, 9.17) is 15.1 Å². The van der Waals surface area contributed by atoms with Gasteiger partial charge in [-0.2, -0.15) is 0 Å². The van der Waals surface area contributed by atoms with Gasteiger partial charge < -0.3 is 30.2 Å². The number of halogens is 1. The Morgan fingerprint density at radius 3 is 2.60 bits per heavy atom. The van der Waals surface area contributed by atoms with E-state index in [0.29, 0.717) is 18.3 Å². The molecule has 0 radical (unpaired) electrons. The largest absolute Gasteiger partial charge is 0.535 e. The van der Waals surface area contributed by atoms with Crippen LogP contribution in [0.15, 0.2) is 12.1 Å². The number of benzene rings is 1. The minimum Gasteiger partial charge on any atom is -0.535 e. The first-order valence-corrected chi connectivity index (χ1v) is 9.31. The molecule has 0 bridgehead atoms. The van der Waals surface area contributed by atoms with Gasteiger partial charge in [-0.15, -0.1) is 12.4 Å². The third-order valence-electron chi connectivity index (χ3n) is 5.09. The summed E-state index contributed by atoms with van der Waals surface area (Å²) in [6.07, 6.45) is 0.431. The Morgan fingerprint density at radius 2 is 2.03 bits per heavy atom. The molecule has 30 heavy (non-hydrogen) atoms. The number of aromatic carboxylic acids is 1. The molecule has 4 N–H and O–H groups in total. The first kappa shape index (κ1) is 23.8. The van der Waals surface area contributed by atoms with Crippen molar-refractivity contribution in [3.8, 4) is 11.5 Å². The minimum atomic E-state index is -1.22. The van der Waals surface area contributed by atoms with Gasteiger partial charge in [0.1, 0.15) is 23.2 Å². The van der Waals surface area contributed by atoms with Crippen molar-refractivity contribution in [1.29, 1.82) is 0 Å². The molecular weight excluding hydrogens is 416 g/mol. The summed E-state index contributed by atoms with van der Waals surface area (Å²) < 4.78 is 11.1. The molecule has 1 saturated heterocycles. The summed E-state index contributed by atoms with van der Waals surface area (Å²) in [5.41, 5.74) is 5.79. The van der Waals surface area contributed by atoms with Crippen LogP contribution in [-0.2, 0) is 16.0 Å². The molecule has 12 heteroatoms. The number of carbonyl (C=O) groups excluding carboxylic acids is 2. The first-order chi connectivity index (χ1) is 13.7. The van der Waals surface area contributed by atoms with E-state index in [9.17, 15) is 24.5 Å². The Kier molecular flexibility index (Phi) is 7.56. The van der Waals surface area contributed by atoms with Gasteiger partial charge >= 0.3 is 13.1 Å². The molecule has 3 rings (SSSR count). The second kappa shape index (κ2) is 9.54. The number of amides is 2. The van der Waals surface area contributed by atoms with Gasteiger partial charge in [0.05, 0.1) is 25.6 Å². The number of ether oxygens (including phenoxy) is 1. The fourth-order valence-electron chi connectivity index (χ4n) is 3.48. The summed E-state index contributed by atoms with van der Waals surface area (Å²) in [6, 6.07) is 2.64. The zero-order valence-electron chi connectivity index (χ0n) is 16.7. The Balaban J connectivity index is 0.00000320. The third-order valence-corrected chi connectivity index (χ3v) is 5.09. The lowest BCUT2D eigenvalue weighted by Crippen LogP contribution is -2.60. The van der Waals surface area contributed by atoms with Gasteiger partial charge in [-0.25, -0.2) is 4.79 Å². The maximum absolute atomic E-state index is 12.6. The molecule has 0 saturated carbocycles. The average molecular weight is 442 g/mol. The molecule has 0 spiro atoms. The number of aryl methyl sites for hydroxylation is 1. The van der Waals surface area contributed by atoms with Gasteiger partial charge in [0.25, 0.3) is 0 Å². The fraction of sp³-hybridized carbons (Fsp3) is 0.500. The fourth-order valence-corrected chi connectivity index (χ4v) is 3.48. The molecule has 2 aliphatic rings. The number of hydrogen-bond acceptors (Lipinski definition) is 7. The maximum atomic E-state index is 12.6. The number of carboxylic acids is 1. The van der Waals surface area contributed by atoms with Crippen LogP contribution < -0.4 is 15.1 Å². The standard InChI is InChI=1S/C18H24BN3O7.ClH/c1-21(2)12(7-14(20)23)17(24)22-8-11(9-22)28-13-4-3-10-5-6-19(27)29-16(10)15(13)18(25)26;/h3-4,11-12,27H,5-9H2,1-2H3,(H2,20,23)(H,25,26);1H/t12-;/m1./s1. The summed E-state index contributed by atoms with van der Waals surface area (Å²) in [4.78, 5) is 38.7. The van der Waals surface area contributed by atoms with E-state index >= 15 is 0 Å². The number of nitrogens with two attached hydrogens (primary N) is 1. The molecule has 0 unspecified atom stereocenters. The predicted molar refractivity (Wildman–Crippen MR) is 110 cm³/mol. The first-order valence-electron chi connectivity index (χ1n) is 9.31. The van der Waals surface area contributed by atoms with Gasteiger partial charge in [0.2, 0.25) is 11.8 Å². The van der Waals surface area contributed by atoms with Gasteiger partial charge in [0, 0.05) is 0 Å². The van der Waals surface area contributed by atoms with Crippen LogP contribution in [0.25, 0.3) is 0 Å². The molecule has 2 amide bonds. The van der Waals surface area contributed by atoms with Crippen LogP contribution in [0.2, 0.25) is 6.32 Å². The van der Waals surface area contributed by atoms with Crippen molar-refractivity contribution in [2.75, 3.05) is 27.2 Å². The lowest BCUT2D eigenvalue weighted by atomic mass is 9.78. The monoisotopic (exact) mass is 441 g/mol. The molecule has 2 aliphatic heterocycles. The van der Waals surface area contributed by atoms with Crippen LogP contribution in [-0.4, -0.2) is 84.2 Å². The number of fused-ring (bicyclic) bond motifs is 1. The molecule has 1 fully saturated rings. The average Bonchev–Trinajstić information content (AvgIpc) is 2.60. The van der Waals surface area contributed by atoms with Gasteiger partial charge in [-0.05, 0) is 38.5 Å². The zero-order valence-corrected chi connectivity index (χ0v) is 17.6. The smallest absolute Gasteiger partial charge is 0.522 e. The highest BCUT2D eigenvalue weighted by Crippen LogP contribution is 2.37. The third kappa shape index (κ3) is 4.97. The normalized spacial score (nSPS) is 16.7. The minimum absolute atomic E-state index is 0. The van der Waals surface area contributed by atoms with Crippen molar-refractivity contribution in [1.82, 2.24) is 9.80 Å². The number of likely N-dealkylation sites (N-methyl/N-ethyl adjacent to an activating group) is 1. The van der Waals surface area contributed by atoms with Gasteiger partial charge in [0.15, 0.2) is 0 Å². The molecule has 1 aromatic carbocycles. The predicted octanol–water partition coefficient (Wildman–Crippen LogP) is -0.383. The van der Waals surface area contributed by atoms with Crippen LogP contribution >= 0.6 is 12.4 Å². The molecule has 0 aromatic heterocycles. The van der Waals surface area contributed by atoms with Crippen LogP contribution in [0.3, 0.4) is 0 Å². The Bertz CT molecular complexity index is 832. The summed E-state index contributed by atoms with van der Waals surface area (Å²) in [6.45, 7) is 0.531. The maximum Gasteiger partial charge on any atom is 0.522 e. The molecular formula is C18H25BClN3O7. The van der Waals surface area contributed by atoms with Gasteiger partial charge in [-0.1, -0.05) is 6.07 Å². The molecule has 1 atom stereocenters. The molecule has 164 valence electrons. The topological polar surface area (TPSA) is 143 Å². The zero-order chi connectivity index (χ0) is 21.3. The summed E-state index contributed by atoms with van der Waals surface area (Å²) in [5, 5.41) is 19.3. The molecule has 0 aliphatic carbocycles. The van der Waals surface area contributed by atoms with Crippen LogP contribution in [0.4, 0.5) is 0 Å². The summed E-state index contributed by atoms with van der Waals surface area (Å²) in [7, 11) is 2.33. The number of hydrogen-bond donors (Lipinski definition) is 3. The van der Waals surface area contributed by atoms with Crippen molar-refractivity contribution in [2.24, 2.45) is 5.73 Å². The molecule has 1 aromatic rings. The Morgan fingerprint density at radius 1 is 1.37 bits per heavy atom. The highest BCUT2D eigenvalue weighted by molar-refractivity contribution is 6.44. The van der Waals surface area contributed by atoms with Crippen LogP contribution in [0.5, 0.6) is 11.5 Å². The van der Waals surface area contributed by atoms with E-state index in [1.54, 1.807) is 31.1 Å². The van der Waals surface area contributed by atoms with E-state index in [-0.39, 0.29) is 61.0 Å². The number of rotatable bonds is 7. The van der Waals surface area contributed by atoms with Crippen LogP contribution in [0.1, 0.15) is 22.3 Å². The Labute approximate surface area is 180 Å². The van der Waals surface area contributed by atoms with Crippen molar-refractivity contribution in [2.45, 2.75) is 31.3 Å². The van der Waals surface area contributed by atoms with E-state index in [2.05, 4.69) is 0 Å². The number of nitrogens with zero attached hydrogens (tertiary/aromatic N) is 2. The second-order valence-corrected chi connectivity index (χ2v) is 7.48. The summed E-state index contributed by atoms with van der Waals surface area (Å²) >= 11 is 0. The lowest BCUT2D eigenvalue weighted by molar-refractivity contribution is -0.146. The second-order valence-electron chi connectivity index (χ2n) is 7.48. The lowest BCUT2D eigenvalue weighted by Gasteiger charge is -2.41. The van der Waals surface area contributed by atoms with Crippen molar-refractivity contribution in [3.05, 3.63) is 23.3 Å². The van der Waals surface area contributed by atoms with E-state index in [1.165, 1.54) is 4.90 Å². The number of primary amides is 1. The van der Waals surface area contributed by atoms with Gasteiger partial charge in [-0.3, -0.25) is 14.5 Å². The van der Waals surface area contributed by atoms with Crippen molar-refractivity contribution < 1.29 is 33.9 Å². The number of carboxylic acid groups (broad SMARTS) is 1. The quantitative estimate of drug-likeness (QED) is 0.486. The van der Waals surface area contributed by atoms with E-state index in [0.717, 1.165) is 0 Å². The summed E-state index contributed by atoms with van der Waals surface area (Å²) in [5.74, 6) is -1.76. The number of likely N-dealkylation sites (tertiary alicyclic amines) is 1. The van der Waals surface area contributed by atoms with E-state index < -0.39 is 25.0 Å². The van der Waals surface area contributed by atoms with Crippen molar-refractivity contribution in [3.63, 3.8) is 0 Å². The number of carbonyl (C=O) groups is 3. The van der Waals surface area contributed by atoms with E-state index in [1.807, 2.05) is 0 Å². The molecule has 10 nitrogen and oxygen atoms in total. The SMILES string of the molecule is CN(C)[C@H](CC(N)=O)C(=O)N1CC(Oc2ccc3c(c2C(=O)O)OB(O)CC3)C1.Cl. The highest BCUT2D eigenvalue weighted by atomic mass is 35.5.